The second kappa shape index (κ2) is 8.69. The van der Waals surface area contributed by atoms with Gasteiger partial charge in [-0.2, -0.15) is 0 Å². The number of aryl methyl sites for hydroxylation is 1. The Morgan fingerprint density at radius 1 is 1.29 bits per heavy atom. The Hall–Kier alpha value is -1.81. The van der Waals surface area contributed by atoms with E-state index in [-0.39, 0.29) is 23.7 Å². The lowest BCUT2D eigenvalue weighted by Crippen LogP contribution is -2.57. The van der Waals surface area contributed by atoms with E-state index in [2.05, 4.69) is 62.5 Å². The van der Waals surface area contributed by atoms with E-state index in [1.54, 1.807) is 0 Å². The van der Waals surface area contributed by atoms with Gasteiger partial charge in [0.2, 0.25) is 0 Å². The standard InChI is InChI=1S/C24H35NO3/c1-16(2)25-23(26)28-15-24-14-27-21(12-11-20-9-7-6-8-10-20)22(19(24)5)17(3)13-18(24)4/h6-10,13,16,18-19,21-22H,11-12,14-15H2,1-5H3,(H,25,26)/t18-,19+,21+,22-,24+/m0/s1. The highest BCUT2D eigenvalue weighted by atomic mass is 16.6. The van der Waals surface area contributed by atoms with Gasteiger partial charge < -0.3 is 14.8 Å². The predicted molar refractivity (Wildman–Crippen MR) is 112 cm³/mol. The van der Waals surface area contributed by atoms with Gasteiger partial charge in [-0.3, -0.25) is 0 Å². The number of hydrogen-bond acceptors (Lipinski definition) is 3. The van der Waals surface area contributed by atoms with Gasteiger partial charge in [0.1, 0.15) is 6.61 Å². The summed E-state index contributed by atoms with van der Waals surface area (Å²) < 4.78 is 12.1. The minimum Gasteiger partial charge on any atom is -0.449 e. The first-order chi connectivity index (χ1) is 13.3. The lowest BCUT2D eigenvalue weighted by molar-refractivity contribution is -0.164. The third-order valence-electron chi connectivity index (χ3n) is 6.80. The van der Waals surface area contributed by atoms with Crippen molar-refractivity contribution in [3.8, 4) is 0 Å². The lowest BCUT2D eigenvalue weighted by atomic mass is 9.56. The summed E-state index contributed by atoms with van der Waals surface area (Å²) in [4.78, 5) is 12.1. The highest BCUT2D eigenvalue weighted by molar-refractivity contribution is 5.67. The van der Waals surface area contributed by atoms with E-state index in [1.807, 2.05) is 13.8 Å². The molecular formula is C24H35NO3. The molecule has 2 bridgehead atoms. The number of rotatable bonds is 6. The van der Waals surface area contributed by atoms with E-state index >= 15 is 0 Å². The highest BCUT2D eigenvalue weighted by Gasteiger charge is 2.54. The van der Waals surface area contributed by atoms with Crippen LogP contribution < -0.4 is 5.32 Å². The molecule has 0 aromatic heterocycles. The van der Waals surface area contributed by atoms with Gasteiger partial charge in [-0.1, -0.05) is 55.8 Å². The molecule has 1 fully saturated rings. The molecule has 1 aromatic rings. The van der Waals surface area contributed by atoms with E-state index in [9.17, 15) is 4.79 Å². The molecule has 1 saturated heterocycles. The first kappa shape index (κ1) is 20.9. The molecule has 28 heavy (non-hydrogen) atoms. The van der Waals surface area contributed by atoms with Crippen LogP contribution in [0.2, 0.25) is 0 Å². The molecule has 4 heteroatoms. The molecule has 0 radical (unpaired) electrons. The maximum Gasteiger partial charge on any atom is 0.407 e. The quantitative estimate of drug-likeness (QED) is 0.702. The molecule has 0 saturated carbocycles. The van der Waals surface area contributed by atoms with Crippen molar-refractivity contribution in [2.45, 2.75) is 59.6 Å². The summed E-state index contributed by atoms with van der Waals surface area (Å²) in [6.07, 6.45) is 4.31. The van der Waals surface area contributed by atoms with Crippen LogP contribution in [0.4, 0.5) is 4.79 Å². The predicted octanol–water partition coefficient (Wildman–Crippen LogP) is 4.99. The van der Waals surface area contributed by atoms with Crippen LogP contribution in [0, 0.1) is 23.2 Å². The maximum absolute atomic E-state index is 12.1. The Labute approximate surface area is 169 Å². The zero-order valence-electron chi connectivity index (χ0n) is 17.9. The van der Waals surface area contributed by atoms with Gasteiger partial charge in [-0.05, 0) is 51.0 Å². The Morgan fingerprint density at radius 3 is 2.68 bits per heavy atom. The second-order valence-electron chi connectivity index (χ2n) is 9.00. The summed E-state index contributed by atoms with van der Waals surface area (Å²) in [7, 11) is 0. The van der Waals surface area contributed by atoms with Crippen molar-refractivity contribution in [2.75, 3.05) is 13.2 Å². The van der Waals surface area contributed by atoms with Crippen LogP contribution in [-0.4, -0.2) is 31.5 Å². The average molecular weight is 386 g/mol. The van der Waals surface area contributed by atoms with Crippen molar-refractivity contribution in [3.63, 3.8) is 0 Å². The first-order valence-corrected chi connectivity index (χ1v) is 10.6. The Morgan fingerprint density at radius 2 is 2.00 bits per heavy atom. The van der Waals surface area contributed by atoms with Crippen LogP contribution in [0.15, 0.2) is 42.0 Å². The fourth-order valence-electron chi connectivity index (χ4n) is 5.08. The normalized spacial score (nSPS) is 32.0. The van der Waals surface area contributed by atoms with Crippen molar-refractivity contribution in [1.82, 2.24) is 5.32 Å². The van der Waals surface area contributed by atoms with Crippen molar-refractivity contribution < 1.29 is 14.3 Å². The number of nitrogens with one attached hydrogen (secondary N) is 1. The summed E-state index contributed by atoms with van der Waals surface area (Å²) in [5.41, 5.74) is 2.62. The summed E-state index contributed by atoms with van der Waals surface area (Å²) in [6.45, 7) is 11.7. The minimum atomic E-state index is -0.335. The van der Waals surface area contributed by atoms with Crippen LogP contribution in [0.1, 0.15) is 46.6 Å². The van der Waals surface area contributed by atoms with E-state index < -0.39 is 0 Å². The van der Waals surface area contributed by atoms with Crippen molar-refractivity contribution >= 4 is 6.09 Å². The van der Waals surface area contributed by atoms with Gasteiger partial charge >= 0.3 is 6.09 Å². The molecule has 1 aliphatic carbocycles. The molecule has 1 N–H and O–H groups in total. The number of ether oxygens (including phenoxy) is 2. The van der Waals surface area contributed by atoms with Crippen LogP contribution >= 0.6 is 0 Å². The summed E-state index contributed by atoms with van der Waals surface area (Å²) >= 11 is 0. The molecule has 3 rings (SSSR count). The molecule has 4 nitrogen and oxygen atoms in total. The largest absolute Gasteiger partial charge is 0.449 e. The number of carbonyl (C=O) groups excluding carboxylic acids is 1. The lowest BCUT2D eigenvalue weighted by Gasteiger charge is -2.55. The van der Waals surface area contributed by atoms with Crippen LogP contribution in [0.5, 0.6) is 0 Å². The molecule has 1 amide bonds. The third kappa shape index (κ3) is 4.27. The number of allylic oxidation sites excluding steroid dienone is 1. The Kier molecular flexibility index (Phi) is 6.49. The Balaban J connectivity index is 1.71. The van der Waals surface area contributed by atoms with Gasteiger partial charge in [0.25, 0.3) is 0 Å². The maximum atomic E-state index is 12.1. The molecule has 5 atom stereocenters. The Bertz CT molecular complexity index is 699. The molecule has 0 spiro atoms. The van der Waals surface area contributed by atoms with Crippen molar-refractivity contribution in [3.05, 3.63) is 47.5 Å². The number of benzene rings is 1. The highest BCUT2D eigenvalue weighted by Crippen LogP contribution is 2.53. The molecular weight excluding hydrogens is 350 g/mol. The molecule has 2 aliphatic rings. The van der Waals surface area contributed by atoms with Gasteiger partial charge in [-0.15, -0.1) is 0 Å². The van der Waals surface area contributed by atoms with Gasteiger partial charge in [0.15, 0.2) is 0 Å². The molecule has 154 valence electrons. The first-order valence-electron chi connectivity index (χ1n) is 10.6. The van der Waals surface area contributed by atoms with Gasteiger partial charge in [0.05, 0.1) is 12.7 Å². The third-order valence-corrected chi connectivity index (χ3v) is 6.80. The van der Waals surface area contributed by atoms with Crippen LogP contribution in [0.25, 0.3) is 0 Å². The SMILES string of the molecule is CC1=C[C@H](C)[C@]2(COC(=O)NC(C)C)CO[C@H](CCc3ccccc3)[C@@H]1[C@H]2C. The monoisotopic (exact) mass is 385 g/mol. The summed E-state index contributed by atoms with van der Waals surface area (Å²) in [5, 5.41) is 2.82. The molecule has 1 aliphatic heterocycles. The summed E-state index contributed by atoms with van der Waals surface area (Å²) in [5.74, 6) is 1.11. The zero-order valence-corrected chi connectivity index (χ0v) is 17.9. The van der Waals surface area contributed by atoms with Crippen LogP contribution in [0.3, 0.4) is 0 Å². The smallest absolute Gasteiger partial charge is 0.407 e. The van der Waals surface area contributed by atoms with E-state index in [0.717, 1.165) is 12.8 Å². The fourth-order valence-corrected chi connectivity index (χ4v) is 5.08. The average Bonchev–Trinajstić information content (AvgIpc) is 2.64. The number of hydrogen-bond donors (Lipinski definition) is 1. The number of amides is 1. The van der Waals surface area contributed by atoms with Crippen LogP contribution in [-0.2, 0) is 15.9 Å². The minimum absolute atomic E-state index is 0.0751. The number of fused-ring (bicyclic) bond motifs is 2. The van der Waals surface area contributed by atoms with E-state index in [4.69, 9.17) is 9.47 Å². The zero-order chi connectivity index (χ0) is 20.3. The fraction of sp³-hybridized carbons (Fsp3) is 0.625. The van der Waals surface area contributed by atoms with Crippen molar-refractivity contribution in [2.24, 2.45) is 23.2 Å². The second-order valence-corrected chi connectivity index (χ2v) is 9.00. The topological polar surface area (TPSA) is 47.6 Å². The van der Waals surface area contributed by atoms with E-state index in [0.29, 0.717) is 31.0 Å². The molecule has 1 aromatic carbocycles. The number of alkyl carbamates (subject to hydrolysis) is 1. The molecule has 1 heterocycles. The van der Waals surface area contributed by atoms with Crippen molar-refractivity contribution in [1.29, 1.82) is 0 Å². The van der Waals surface area contributed by atoms with E-state index in [1.165, 1.54) is 11.1 Å². The number of carbonyl (C=O) groups is 1. The van der Waals surface area contributed by atoms with Gasteiger partial charge in [0, 0.05) is 17.4 Å². The summed E-state index contributed by atoms with van der Waals surface area (Å²) in [6, 6.07) is 10.7. The molecule has 0 unspecified atom stereocenters. The van der Waals surface area contributed by atoms with Gasteiger partial charge in [-0.25, -0.2) is 4.79 Å².